The summed E-state index contributed by atoms with van der Waals surface area (Å²) in [6, 6.07) is 6.09. The van der Waals surface area contributed by atoms with Crippen LogP contribution in [0, 0.1) is 0 Å². The van der Waals surface area contributed by atoms with Gasteiger partial charge in [-0.25, -0.2) is 13.1 Å². The van der Waals surface area contributed by atoms with E-state index in [2.05, 4.69) is 10.0 Å². The van der Waals surface area contributed by atoms with Gasteiger partial charge >= 0.3 is 0 Å². The van der Waals surface area contributed by atoms with E-state index in [1.54, 1.807) is 12.1 Å². The Morgan fingerprint density at radius 2 is 2.11 bits per heavy atom. The second kappa shape index (κ2) is 5.26. The van der Waals surface area contributed by atoms with Crippen molar-refractivity contribution < 1.29 is 13.2 Å². The molecule has 0 radical (unpaired) electrons. The number of rotatable bonds is 4. The molecule has 1 heterocycles. The summed E-state index contributed by atoms with van der Waals surface area (Å²) in [4.78, 5) is 11.0. The number of halogens is 1. The second-order valence-electron chi connectivity index (χ2n) is 4.09. The zero-order valence-electron chi connectivity index (χ0n) is 9.52. The average Bonchev–Trinajstić information content (AvgIpc) is 2.73. The first-order chi connectivity index (χ1) is 8.49. The predicted molar refractivity (Wildman–Crippen MR) is 67.8 cm³/mol. The molecule has 98 valence electrons. The van der Waals surface area contributed by atoms with E-state index in [-0.39, 0.29) is 28.4 Å². The van der Waals surface area contributed by atoms with Crippen molar-refractivity contribution in [2.45, 2.75) is 23.8 Å². The third-order valence-corrected chi connectivity index (χ3v) is 4.65. The fraction of sp³-hybridized carbons (Fsp3) is 0.364. The number of amides is 1. The third kappa shape index (κ3) is 3.01. The summed E-state index contributed by atoms with van der Waals surface area (Å²) in [5.74, 6) is -0.0445. The Labute approximate surface area is 111 Å². The maximum Gasteiger partial charge on any atom is 0.242 e. The predicted octanol–water partition coefficient (Wildman–Crippen LogP) is 0.897. The van der Waals surface area contributed by atoms with Crippen LogP contribution in [0.15, 0.2) is 29.2 Å². The minimum atomic E-state index is -3.63. The van der Waals surface area contributed by atoms with Gasteiger partial charge in [0.15, 0.2) is 0 Å². The van der Waals surface area contributed by atoms with Gasteiger partial charge in [0, 0.05) is 19.0 Å². The van der Waals surface area contributed by atoms with Crippen LogP contribution in [-0.4, -0.2) is 26.9 Å². The molecule has 0 aromatic heterocycles. The lowest BCUT2D eigenvalue weighted by atomic mass is 10.2. The summed E-state index contributed by atoms with van der Waals surface area (Å²) in [6.45, 7) is 0.180. The van der Waals surface area contributed by atoms with E-state index in [1.807, 2.05) is 0 Å². The first-order valence-corrected chi connectivity index (χ1v) is 7.39. The van der Waals surface area contributed by atoms with Crippen molar-refractivity contribution in [1.82, 2.24) is 10.0 Å². The quantitative estimate of drug-likeness (QED) is 0.864. The molecular weight excluding hydrogens is 276 g/mol. The smallest absolute Gasteiger partial charge is 0.242 e. The van der Waals surface area contributed by atoms with Gasteiger partial charge < -0.3 is 5.32 Å². The number of carbonyl (C=O) groups is 1. The van der Waals surface area contributed by atoms with Crippen LogP contribution in [0.5, 0.6) is 0 Å². The normalized spacial score (nSPS) is 19.8. The minimum absolute atomic E-state index is 0.0445. The summed E-state index contributed by atoms with van der Waals surface area (Å²) in [5.41, 5.74) is 0. The van der Waals surface area contributed by atoms with Crippen molar-refractivity contribution in [3.05, 3.63) is 29.3 Å². The van der Waals surface area contributed by atoms with Crippen molar-refractivity contribution in [1.29, 1.82) is 0 Å². The Morgan fingerprint density at radius 3 is 2.72 bits per heavy atom. The van der Waals surface area contributed by atoms with Crippen molar-refractivity contribution in [3.63, 3.8) is 0 Å². The highest BCUT2D eigenvalue weighted by atomic mass is 35.5. The van der Waals surface area contributed by atoms with Crippen molar-refractivity contribution in [2.75, 3.05) is 6.54 Å². The van der Waals surface area contributed by atoms with E-state index in [0.29, 0.717) is 12.8 Å². The number of benzene rings is 1. The molecule has 1 aliphatic rings. The van der Waals surface area contributed by atoms with Crippen molar-refractivity contribution >= 4 is 27.5 Å². The van der Waals surface area contributed by atoms with Gasteiger partial charge in [0.25, 0.3) is 0 Å². The van der Waals surface area contributed by atoms with Crippen LogP contribution in [0.1, 0.15) is 12.8 Å². The van der Waals surface area contributed by atoms with Gasteiger partial charge in [-0.3, -0.25) is 4.79 Å². The second-order valence-corrected chi connectivity index (χ2v) is 6.23. The zero-order valence-corrected chi connectivity index (χ0v) is 11.1. The van der Waals surface area contributed by atoms with E-state index >= 15 is 0 Å². The van der Waals surface area contributed by atoms with Gasteiger partial charge in [0.1, 0.15) is 4.90 Å². The van der Waals surface area contributed by atoms with Crippen LogP contribution in [-0.2, 0) is 14.8 Å². The molecule has 2 rings (SSSR count). The molecule has 18 heavy (non-hydrogen) atoms. The van der Waals surface area contributed by atoms with E-state index < -0.39 is 10.0 Å². The first-order valence-electron chi connectivity index (χ1n) is 5.52. The standard InChI is InChI=1S/C11H13ClN2O3S/c12-9-3-1-2-4-10(9)18(16,17)13-7-8-5-6-11(15)14-8/h1-4,8,13H,5-7H2,(H,14,15)/t8-/m1/s1. The van der Waals surface area contributed by atoms with Crippen LogP contribution in [0.3, 0.4) is 0 Å². The summed E-state index contributed by atoms with van der Waals surface area (Å²) in [7, 11) is -3.63. The Bertz CT molecular complexity index is 559. The van der Waals surface area contributed by atoms with E-state index in [0.717, 1.165) is 0 Å². The molecule has 7 heteroatoms. The minimum Gasteiger partial charge on any atom is -0.352 e. The molecule has 1 saturated heterocycles. The molecule has 0 saturated carbocycles. The van der Waals surface area contributed by atoms with Crippen LogP contribution in [0.2, 0.25) is 5.02 Å². The Kier molecular flexibility index (Phi) is 3.89. The van der Waals surface area contributed by atoms with E-state index in [1.165, 1.54) is 12.1 Å². The Hall–Kier alpha value is -1.11. The molecule has 1 aromatic carbocycles. The molecule has 0 unspecified atom stereocenters. The van der Waals surface area contributed by atoms with Gasteiger partial charge in [-0.05, 0) is 18.6 Å². The maximum atomic E-state index is 12.0. The lowest BCUT2D eigenvalue weighted by molar-refractivity contribution is -0.119. The fourth-order valence-corrected chi connectivity index (χ4v) is 3.38. The van der Waals surface area contributed by atoms with Crippen LogP contribution in [0.25, 0.3) is 0 Å². The van der Waals surface area contributed by atoms with Gasteiger partial charge in [0.05, 0.1) is 5.02 Å². The van der Waals surface area contributed by atoms with Gasteiger partial charge in [-0.2, -0.15) is 0 Å². The van der Waals surface area contributed by atoms with E-state index in [4.69, 9.17) is 11.6 Å². The largest absolute Gasteiger partial charge is 0.352 e. The van der Waals surface area contributed by atoms with Crippen molar-refractivity contribution in [3.8, 4) is 0 Å². The van der Waals surface area contributed by atoms with Crippen molar-refractivity contribution in [2.24, 2.45) is 0 Å². The number of hydrogen-bond acceptors (Lipinski definition) is 3. The lowest BCUT2D eigenvalue weighted by Crippen LogP contribution is -2.38. The topological polar surface area (TPSA) is 75.3 Å². The number of hydrogen-bond donors (Lipinski definition) is 2. The summed E-state index contributed by atoms with van der Waals surface area (Å²) in [5, 5.41) is 2.87. The van der Waals surface area contributed by atoms with E-state index in [9.17, 15) is 13.2 Å². The third-order valence-electron chi connectivity index (χ3n) is 2.73. The number of nitrogens with one attached hydrogen (secondary N) is 2. The zero-order chi connectivity index (χ0) is 13.2. The van der Waals surface area contributed by atoms with Gasteiger partial charge in [-0.15, -0.1) is 0 Å². The summed E-state index contributed by atoms with van der Waals surface area (Å²) < 4.78 is 26.4. The molecule has 0 spiro atoms. The Balaban J connectivity index is 2.04. The number of carbonyl (C=O) groups excluding carboxylic acids is 1. The summed E-state index contributed by atoms with van der Waals surface area (Å²) in [6.07, 6.45) is 1.09. The highest BCUT2D eigenvalue weighted by Crippen LogP contribution is 2.20. The van der Waals surface area contributed by atoms with Crippen LogP contribution < -0.4 is 10.0 Å². The van der Waals surface area contributed by atoms with Crippen LogP contribution in [0.4, 0.5) is 0 Å². The molecule has 1 atom stereocenters. The van der Waals surface area contributed by atoms with Crippen LogP contribution >= 0.6 is 11.6 Å². The molecule has 0 aliphatic carbocycles. The monoisotopic (exact) mass is 288 g/mol. The average molecular weight is 289 g/mol. The molecular formula is C11H13ClN2O3S. The molecule has 1 fully saturated rings. The molecule has 1 aliphatic heterocycles. The summed E-state index contributed by atoms with van der Waals surface area (Å²) >= 11 is 5.84. The fourth-order valence-electron chi connectivity index (χ4n) is 1.78. The van der Waals surface area contributed by atoms with Gasteiger partial charge in [0.2, 0.25) is 15.9 Å². The lowest BCUT2D eigenvalue weighted by Gasteiger charge is -2.12. The van der Waals surface area contributed by atoms with Gasteiger partial charge in [-0.1, -0.05) is 23.7 Å². The SMILES string of the molecule is O=C1CC[C@H](CNS(=O)(=O)c2ccccc2Cl)N1. The molecule has 1 amide bonds. The Morgan fingerprint density at radius 1 is 1.39 bits per heavy atom. The highest BCUT2D eigenvalue weighted by Gasteiger charge is 2.24. The molecule has 5 nitrogen and oxygen atoms in total. The maximum absolute atomic E-state index is 12.0. The highest BCUT2D eigenvalue weighted by molar-refractivity contribution is 7.89. The first kappa shape index (κ1) is 13.3. The molecule has 0 bridgehead atoms. The molecule has 1 aromatic rings. The molecule has 2 N–H and O–H groups in total. The number of sulfonamides is 1.